The van der Waals surface area contributed by atoms with Gasteiger partial charge in [-0.25, -0.2) is 0 Å². The van der Waals surface area contributed by atoms with E-state index in [1.165, 1.54) is 5.69 Å². The average Bonchev–Trinajstić information content (AvgIpc) is 3.38. The predicted molar refractivity (Wildman–Crippen MR) is 135 cm³/mol. The van der Waals surface area contributed by atoms with E-state index in [0.717, 1.165) is 56.7 Å². The molecule has 1 N–H and O–H groups in total. The molecule has 3 heterocycles. The number of amides is 2. The van der Waals surface area contributed by atoms with Crippen molar-refractivity contribution >= 4 is 17.5 Å². The third kappa shape index (κ3) is 4.20. The minimum Gasteiger partial charge on any atom is -0.368 e. The first-order chi connectivity index (χ1) is 17.1. The zero-order valence-corrected chi connectivity index (χ0v) is 19.9. The van der Waals surface area contributed by atoms with E-state index in [9.17, 15) is 9.59 Å². The Labute approximate surface area is 205 Å². The molecule has 180 valence electrons. The van der Waals surface area contributed by atoms with Gasteiger partial charge in [-0.3, -0.25) is 14.7 Å². The van der Waals surface area contributed by atoms with Crippen LogP contribution >= 0.6 is 0 Å². The molecule has 35 heavy (non-hydrogen) atoms. The fourth-order valence-electron chi connectivity index (χ4n) is 5.81. The van der Waals surface area contributed by atoms with Crippen LogP contribution in [0.1, 0.15) is 29.8 Å². The van der Waals surface area contributed by atoms with E-state index in [4.69, 9.17) is 0 Å². The lowest BCUT2D eigenvalue weighted by Crippen LogP contribution is -2.50. The van der Waals surface area contributed by atoms with Gasteiger partial charge in [0.2, 0.25) is 5.91 Å². The molecule has 7 nitrogen and oxygen atoms in total. The summed E-state index contributed by atoms with van der Waals surface area (Å²) in [6.07, 6.45) is 2.77. The Morgan fingerprint density at radius 1 is 0.829 bits per heavy atom. The molecule has 1 aromatic heterocycles. The van der Waals surface area contributed by atoms with Crippen molar-refractivity contribution in [3.8, 4) is 11.3 Å². The Morgan fingerprint density at radius 3 is 2.17 bits per heavy atom. The molecule has 1 saturated carbocycles. The van der Waals surface area contributed by atoms with Gasteiger partial charge in [-0.05, 0) is 42.9 Å². The number of para-hydroxylation sites is 1. The van der Waals surface area contributed by atoms with Crippen LogP contribution in [0.15, 0.2) is 66.7 Å². The SMILES string of the molecule is O=C(c1cc(-c2ccccc2)n[nH]1)N1CCC2(CC1)C[C@H]2C(=O)N1CCN(c2ccccc2)CC1. The maximum Gasteiger partial charge on any atom is 0.271 e. The molecule has 1 atom stereocenters. The first-order valence-electron chi connectivity index (χ1n) is 12.6. The Balaban J connectivity index is 1.02. The number of carbonyl (C=O) groups is 2. The highest BCUT2D eigenvalue weighted by Crippen LogP contribution is 2.60. The van der Waals surface area contributed by atoms with Gasteiger partial charge in [-0.2, -0.15) is 5.10 Å². The second-order valence-corrected chi connectivity index (χ2v) is 10.1. The number of aromatic amines is 1. The van der Waals surface area contributed by atoms with Gasteiger partial charge in [0, 0.05) is 56.4 Å². The molecular formula is C28H31N5O2. The lowest BCUT2D eigenvalue weighted by atomic mass is 9.90. The van der Waals surface area contributed by atoms with E-state index in [0.29, 0.717) is 24.7 Å². The summed E-state index contributed by atoms with van der Waals surface area (Å²) in [5.74, 6) is 0.438. The van der Waals surface area contributed by atoms with Crippen LogP contribution in [0.25, 0.3) is 11.3 Å². The highest BCUT2D eigenvalue weighted by atomic mass is 16.2. The molecule has 2 aliphatic heterocycles. The Kier molecular flexibility index (Phi) is 5.55. The second-order valence-electron chi connectivity index (χ2n) is 10.1. The number of benzene rings is 2. The highest BCUT2D eigenvalue weighted by Gasteiger charge is 2.59. The number of rotatable bonds is 4. The lowest BCUT2D eigenvalue weighted by molar-refractivity contribution is -0.134. The number of anilines is 1. The van der Waals surface area contributed by atoms with E-state index >= 15 is 0 Å². The molecular weight excluding hydrogens is 438 g/mol. The zero-order valence-electron chi connectivity index (χ0n) is 19.9. The number of piperidine rings is 1. The number of aromatic nitrogens is 2. The van der Waals surface area contributed by atoms with Crippen molar-refractivity contribution in [2.45, 2.75) is 19.3 Å². The van der Waals surface area contributed by atoms with Crippen molar-refractivity contribution in [2.24, 2.45) is 11.3 Å². The Morgan fingerprint density at radius 2 is 1.49 bits per heavy atom. The monoisotopic (exact) mass is 469 g/mol. The number of carbonyl (C=O) groups excluding carboxylic acids is 2. The molecule has 7 heteroatoms. The summed E-state index contributed by atoms with van der Waals surface area (Å²) in [6.45, 7) is 4.73. The second kappa shape index (κ2) is 8.87. The van der Waals surface area contributed by atoms with Gasteiger partial charge in [0.15, 0.2) is 0 Å². The maximum atomic E-state index is 13.3. The predicted octanol–water partition coefficient (Wildman–Crippen LogP) is 3.67. The average molecular weight is 470 g/mol. The van der Waals surface area contributed by atoms with Crippen LogP contribution in [0.5, 0.6) is 0 Å². The van der Waals surface area contributed by atoms with E-state index in [2.05, 4.69) is 44.3 Å². The van der Waals surface area contributed by atoms with Gasteiger partial charge in [0.05, 0.1) is 5.69 Å². The number of likely N-dealkylation sites (tertiary alicyclic amines) is 1. The number of hydrogen-bond donors (Lipinski definition) is 1. The third-order valence-corrected chi connectivity index (χ3v) is 8.12. The van der Waals surface area contributed by atoms with Crippen LogP contribution in [-0.4, -0.2) is 71.1 Å². The van der Waals surface area contributed by atoms with Crippen LogP contribution in [0, 0.1) is 11.3 Å². The maximum absolute atomic E-state index is 13.3. The molecule has 3 aromatic rings. The molecule has 3 aliphatic rings. The molecule has 1 aliphatic carbocycles. The minimum absolute atomic E-state index is 0.00454. The third-order valence-electron chi connectivity index (χ3n) is 8.12. The van der Waals surface area contributed by atoms with Gasteiger partial charge in [-0.1, -0.05) is 48.5 Å². The van der Waals surface area contributed by atoms with Gasteiger partial charge in [-0.15, -0.1) is 0 Å². The number of H-pyrrole nitrogens is 1. The van der Waals surface area contributed by atoms with Crippen molar-refractivity contribution in [1.82, 2.24) is 20.0 Å². The van der Waals surface area contributed by atoms with Crippen LogP contribution in [0.3, 0.4) is 0 Å². The normalized spacial score (nSPS) is 21.3. The smallest absolute Gasteiger partial charge is 0.271 e. The molecule has 2 amide bonds. The number of nitrogens with zero attached hydrogens (tertiary/aromatic N) is 4. The molecule has 3 fully saturated rings. The zero-order chi connectivity index (χ0) is 23.8. The topological polar surface area (TPSA) is 72.5 Å². The summed E-state index contributed by atoms with van der Waals surface area (Å²) in [7, 11) is 0. The van der Waals surface area contributed by atoms with Crippen molar-refractivity contribution in [2.75, 3.05) is 44.2 Å². The Hall–Kier alpha value is -3.61. The van der Waals surface area contributed by atoms with Crippen molar-refractivity contribution < 1.29 is 9.59 Å². The number of nitrogens with one attached hydrogen (secondary N) is 1. The first kappa shape index (κ1) is 21.9. The summed E-state index contributed by atoms with van der Waals surface area (Å²) in [6, 6.07) is 22.1. The van der Waals surface area contributed by atoms with Crippen molar-refractivity contribution in [3.63, 3.8) is 0 Å². The van der Waals surface area contributed by atoms with Gasteiger partial charge in [0.25, 0.3) is 5.91 Å². The lowest BCUT2D eigenvalue weighted by Gasteiger charge is -2.37. The molecule has 6 rings (SSSR count). The highest BCUT2D eigenvalue weighted by molar-refractivity contribution is 5.93. The molecule has 0 unspecified atom stereocenters. The van der Waals surface area contributed by atoms with Gasteiger partial charge in [0.1, 0.15) is 5.69 Å². The first-order valence-corrected chi connectivity index (χ1v) is 12.6. The standard InChI is InChI=1S/C28H31N5O2/c34-26(33-17-15-31(16-18-33)22-9-5-2-6-10-22)23-20-28(23)11-13-32(14-12-28)27(35)25-19-24(29-30-25)21-7-3-1-4-8-21/h1-10,19,23H,11-18,20H2,(H,29,30)/t23-/m0/s1. The van der Waals surface area contributed by atoms with E-state index in [1.54, 1.807) is 0 Å². The van der Waals surface area contributed by atoms with Crippen LogP contribution in [0.4, 0.5) is 5.69 Å². The quantitative estimate of drug-likeness (QED) is 0.633. The van der Waals surface area contributed by atoms with E-state index < -0.39 is 0 Å². The van der Waals surface area contributed by atoms with Crippen molar-refractivity contribution in [1.29, 1.82) is 0 Å². The summed E-state index contributed by atoms with van der Waals surface area (Å²) in [5, 5.41) is 7.25. The van der Waals surface area contributed by atoms with E-state index in [-0.39, 0.29) is 17.2 Å². The minimum atomic E-state index is -0.00454. The van der Waals surface area contributed by atoms with Gasteiger partial charge < -0.3 is 14.7 Å². The van der Waals surface area contributed by atoms with Crippen LogP contribution in [0.2, 0.25) is 0 Å². The molecule has 2 saturated heterocycles. The summed E-state index contributed by atoms with van der Waals surface area (Å²) in [4.78, 5) is 32.7. The fraction of sp³-hybridized carbons (Fsp3) is 0.393. The van der Waals surface area contributed by atoms with E-state index in [1.807, 2.05) is 47.4 Å². The molecule has 0 radical (unpaired) electrons. The number of hydrogen-bond acceptors (Lipinski definition) is 4. The Bertz CT molecular complexity index is 1190. The summed E-state index contributed by atoms with van der Waals surface area (Å²) in [5.41, 5.74) is 3.62. The molecule has 0 bridgehead atoms. The largest absolute Gasteiger partial charge is 0.368 e. The van der Waals surface area contributed by atoms with Gasteiger partial charge >= 0.3 is 0 Å². The van der Waals surface area contributed by atoms with Crippen LogP contribution in [-0.2, 0) is 4.79 Å². The summed E-state index contributed by atoms with van der Waals surface area (Å²) < 4.78 is 0. The molecule has 2 aromatic carbocycles. The summed E-state index contributed by atoms with van der Waals surface area (Å²) >= 11 is 0. The fourth-order valence-corrected chi connectivity index (χ4v) is 5.81. The van der Waals surface area contributed by atoms with Crippen molar-refractivity contribution in [3.05, 3.63) is 72.4 Å². The van der Waals surface area contributed by atoms with Crippen LogP contribution < -0.4 is 4.90 Å². The molecule has 1 spiro atoms. The number of piperazine rings is 1.